The minimum Gasteiger partial charge on any atom is -0.456 e. The van der Waals surface area contributed by atoms with Crippen molar-refractivity contribution in [3.8, 4) is 89.8 Å². The molecule has 10 aromatic carbocycles. The van der Waals surface area contributed by atoms with Gasteiger partial charge in [0.25, 0.3) is 0 Å². The van der Waals surface area contributed by atoms with Crippen LogP contribution in [0.4, 0.5) is 0 Å². The van der Waals surface area contributed by atoms with Crippen molar-refractivity contribution in [2.45, 2.75) is 0 Å². The van der Waals surface area contributed by atoms with Crippen molar-refractivity contribution in [3.05, 3.63) is 237 Å². The summed E-state index contributed by atoms with van der Waals surface area (Å²) in [5.74, 6) is 1.60. The average molecular weight is 870 g/mol. The van der Waals surface area contributed by atoms with Crippen molar-refractivity contribution in [2.24, 2.45) is 0 Å². The molecule has 5 nitrogen and oxygen atoms in total. The zero-order chi connectivity index (χ0) is 45.0. The fourth-order valence-corrected chi connectivity index (χ4v) is 9.80. The number of para-hydroxylation sites is 3. The lowest BCUT2D eigenvalue weighted by molar-refractivity contribution is 0.668. The van der Waals surface area contributed by atoms with Crippen LogP contribution in [0, 0.1) is 0 Å². The molecular weight excluding hydrogens is 831 g/mol. The summed E-state index contributed by atoms with van der Waals surface area (Å²) in [5, 5.41) is 4.16. The van der Waals surface area contributed by atoms with E-state index in [-0.39, 0.29) is 0 Å². The zero-order valence-electron chi connectivity index (χ0n) is 36.7. The Morgan fingerprint density at radius 2 is 0.662 bits per heavy atom. The summed E-state index contributed by atoms with van der Waals surface area (Å²) in [6.07, 6.45) is 0. The summed E-state index contributed by atoms with van der Waals surface area (Å²) in [5.41, 5.74) is 17.1. The Hall–Kier alpha value is -9.19. The molecule has 318 valence electrons. The third kappa shape index (κ3) is 6.76. The Kier molecular flexibility index (Phi) is 9.43. The maximum absolute atomic E-state index is 6.54. The van der Waals surface area contributed by atoms with Crippen LogP contribution in [0.5, 0.6) is 0 Å². The molecule has 0 amide bonds. The van der Waals surface area contributed by atoms with Crippen LogP contribution in [0.1, 0.15) is 0 Å². The topological polar surface area (TPSA) is 65.0 Å². The van der Waals surface area contributed by atoms with Gasteiger partial charge in [-0.1, -0.05) is 200 Å². The highest BCUT2D eigenvalue weighted by molar-refractivity contribution is 6.10. The van der Waals surface area contributed by atoms with Crippen molar-refractivity contribution in [1.29, 1.82) is 0 Å². The van der Waals surface area contributed by atoms with Crippen molar-refractivity contribution in [3.63, 3.8) is 0 Å². The third-order valence-corrected chi connectivity index (χ3v) is 13.0. The van der Waals surface area contributed by atoms with Crippen LogP contribution in [-0.2, 0) is 0 Å². The number of aromatic nitrogens is 3. The monoisotopic (exact) mass is 869 g/mol. The fraction of sp³-hybridized carbons (Fsp3) is 0. The van der Waals surface area contributed by atoms with E-state index in [0.717, 1.165) is 105 Å². The summed E-state index contributed by atoms with van der Waals surface area (Å²) < 4.78 is 12.9. The first-order chi connectivity index (χ1) is 33.7. The summed E-state index contributed by atoms with van der Waals surface area (Å²) in [6.45, 7) is 0. The van der Waals surface area contributed by atoms with E-state index in [9.17, 15) is 0 Å². The van der Waals surface area contributed by atoms with Gasteiger partial charge in [0.15, 0.2) is 17.5 Å². The largest absolute Gasteiger partial charge is 0.456 e. The van der Waals surface area contributed by atoms with Crippen molar-refractivity contribution >= 4 is 43.9 Å². The summed E-state index contributed by atoms with van der Waals surface area (Å²) in [7, 11) is 0. The molecule has 0 aliphatic rings. The van der Waals surface area contributed by atoms with Gasteiger partial charge in [0, 0.05) is 32.7 Å². The lowest BCUT2D eigenvalue weighted by Crippen LogP contribution is -2.00. The summed E-state index contributed by atoms with van der Waals surface area (Å²) >= 11 is 0. The maximum Gasteiger partial charge on any atom is 0.167 e. The predicted molar refractivity (Wildman–Crippen MR) is 278 cm³/mol. The molecule has 0 spiro atoms. The molecule has 3 heterocycles. The van der Waals surface area contributed by atoms with E-state index < -0.39 is 0 Å². The van der Waals surface area contributed by atoms with Crippen LogP contribution < -0.4 is 0 Å². The highest BCUT2D eigenvalue weighted by Gasteiger charge is 2.24. The average Bonchev–Trinajstić information content (AvgIpc) is 3.99. The highest BCUT2D eigenvalue weighted by atomic mass is 16.3. The van der Waals surface area contributed by atoms with Crippen molar-refractivity contribution in [2.75, 3.05) is 0 Å². The van der Waals surface area contributed by atoms with Gasteiger partial charge in [0.2, 0.25) is 0 Å². The van der Waals surface area contributed by atoms with Gasteiger partial charge in [-0.15, -0.1) is 0 Å². The Morgan fingerprint density at radius 1 is 0.235 bits per heavy atom. The van der Waals surface area contributed by atoms with Gasteiger partial charge >= 0.3 is 0 Å². The molecule has 68 heavy (non-hydrogen) atoms. The van der Waals surface area contributed by atoms with E-state index >= 15 is 0 Å². The van der Waals surface area contributed by atoms with Crippen LogP contribution in [0.2, 0.25) is 0 Å². The van der Waals surface area contributed by atoms with Gasteiger partial charge in [-0.05, 0) is 92.0 Å². The molecule has 0 saturated carbocycles. The maximum atomic E-state index is 6.54. The molecule has 0 bridgehead atoms. The molecule has 5 heteroatoms. The number of furan rings is 2. The number of rotatable bonds is 8. The summed E-state index contributed by atoms with van der Waals surface area (Å²) in [6, 6.07) is 82.7. The molecule has 13 aromatic rings. The standard InChI is InChI=1S/C63H39N3O2/c1-5-18-40(19-6-1)52-39-53(58(43-22-9-3-10-23-43)59(44-24-11-4-12-25-44)57(52)42-20-7-2-8-21-42)41-32-34-45(35-33-41)61-64-62(46-36-37-49-47-26-13-15-30-54(47)67-56(49)38-46)66-63(65-61)51-29-17-28-50-48-27-14-16-31-55(48)68-60(50)51/h1-39H. The molecular formula is C63H39N3O2. The lowest BCUT2D eigenvalue weighted by atomic mass is 9.79. The zero-order valence-corrected chi connectivity index (χ0v) is 36.7. The first kappa shape index (κ1) is 39.2. The Bertz CT molecular complexity index is 3990. The molecule has 13 rings (SSSR count). The van der Waals surface area contributed by atoms with Gasteiger partial charge in [-0.2, -0.15) is 0 Å². The number of fused-ring (bicyclic) bond motifs is 6. The molecule has 3 aromatic heterocycles. The van der Waals surface area contributed by atoms with E-state index in [1.54, 1.807) is 0 Å². The first-order valence-corrected chi connectivity index (χ1v) is 22.8. The third-order valence-electron chi connectivity index (χ3n) is 13.0. The number of hydrogen-bond acceptors (Lipinski definition) is 5. The van der Waals surface area contributed by atoms with Crippen molar-refractivity contribution in [1.82, 2.24) is 15.0 Å². The van der Waals surface area contributed by atoms with E-state index in [4.69, 9.17) is 23.8 Å². The van der Waals surface area contributed by atoms with Gasteiger partial charge in [-0.3, -0.25) is 0 Å². The Morgan fingerprint density at radius 3 is 1.28 bits per heavy atom. The number of hydrogen-bond donors (Lipinski definition) is 0. The smallest absolute Gasteiger partial charge is 0.167 e. The van der Waals surface area contributed by atoms with Gasteiger partial charge in [0.1, 0.15) is 22.3 Å². The molecule has 0 aliphatic carbocycles. The minimum absolute atomic E-state index is 0.520. The molecule has 0 saturated heterocycles. The van der Waals surface area contributed by atoms with Crippen LogP contribution in [-0.4, -0.2) is 15.0 Å². The molecule has 0 atom stereocenters. The highest BCUT2D eigenvalue weighted by Crippen LogP contribution is 2.50. The molecule has 0 fully saturated rings. The molecule has 0 unspecified atom stereocenters. The van der Waals surface area contributed by atoms with Crippen LogP contribution >= 0.6 is 0 Å². The molecule has 0 radical (unpaired) electrons. The minimum atomic E-state index is 0.520. The SMILES string of the molecule is c1ccc(-c2cc(-c3ccc(-c4nc(-c5ccc6c(c5)oc5ccccc56)nc(-c5cccc6c5oc5ccccc56)n4)cc3)c(-c3ccccc3)c(-c3ccccc3)c2-c2ccccc2)cc1. The second-order valence-corrected chi connectivity index (χ2v) is 17.0. The molecule has 0 N–H and O–H groups in total. The first-order valence-electron chi connectivity index (χ1n) is 22.8. The van der Waals surface area contributed by atoms with E-state index in [2.05, 4.69) is 182 Å². The number of benzene rings is 10. The normalized spacial score (nSPS) is 11.5. The van der Waals surface area contributed by atoms with E-state index in [0.29, 0.717) is 17.5 Å². The number of nitrogens with zero attached hydrogens (tertiary/aromatic N) is 3. The summed E-state index contributed by atoms with van der Waals surface area (Å²) in [4.78, 5) is 15.6. The van der Waals surface area contributed by atoms with Crippen LogP contribution in [0.15, 0.2) is 245 Å². The Labute approximate surface area is 392 Å². The van der Waals surface area contributed by atoms with E-state index in [1.807, 2.05) is 54.6 Å². The quantitative estimate of drug-likeness (QED) is 0.152. The Balaban J connectivity index is 1.02. The second kappa shape index (κ2) is 16.4. The molecule has 0 aliphatic heterocycles. The van der Waals surface area contributed by atoms with Gasteiger partial charge < -0.3 is 8.83 Å². The van der Waals surface area contributed by atoms with Crippen molar-refractivity contribution < 1.29 is 8.83 Å². The fourth-order valence-electron chi connectivity index (χ4n) is 9.80. The van der Waals surface area contributed by atoms with Gasteiger partial charge in [0.05, 0.1) is 5.56 Å². The second-order valence-electron chi connectivity index (χ2n) is 17.0. The van der Waals surface area contributed by atoms with Crippen LogP contribution in [0.3, 0.4) is 0 Å². The predicted octanol–water partition coefficient (Wildman–Crippen LogP) is 17.0. The lowest BCUT2D eigenvalue weighted by Gasteiger charge is -2.24. The van der Waals surface area contributed by atoms with E-state index in [1.165, 1.54) is 11.1 Å². The van der Waals surface area contributed by atoms with Crippen LogP contribution in [0.25, 0.3) is 134 Å². The van der Waals surface area contributed by atoms with Gasteiger partial charge in [-0.25, -0.2) is 15.0 Å².